The van der Waals surface area contributed by atoms with E-state index in [0.717, 1.165) is 35.6 Å². The second kappa shape index (κ2) is 20.3. The van der Waals surface area contributed by atoms with Crippen molar-refractivity contribution in [1.82, 2.24) is 0 Å². The van der Waals surface area contributed by atoms with Crippen molar-refractivity contribution in [2.24, 2.45) is 0 Å². The van der Waals surface area contributed by atoms with Gasteiger partial charge in [0.1, 0.15) is 5.75 Å². The molecule has 0 atom stereocenters. The van der Waals surface area contributed by atoms with Gasteiger partial charge in [0.05, 0.1) is 18.7 Å². The van der Waals surface area contributed by atoms with E-state index in [9.17, 15) is 4.79 Å². The van der Waals surface area contributed by atoms with Crippen molar-refractivity contribution in [3.8, 4) is 5.75 Å². The summed E-state index contributed by atoms with van der Waals surface area (Å²) in [5.74, 6) is 0.867. The third-order valence-electron chi connectivity index (χ3n) is 7.39. The molecule has 3 rings (SSSR count). The van der Waals surface area contributed by atoms with Crippen LogP contribution in [0.4, 0.5) is 5.69 Å². The topological polar surface area (TPSA) is 42.2 Å². The molecule has 0 spiro atoms. The highest BCUT2D eigenvalue weighted by Gasteiger charge is 2.12. The van der Waals surface area contributed by atoms with Crippen molar-refractivity contribution in [1.29, 1.82) is 0 Å². The molecule has 4 nitrogen and oxygen atoms in total. The van der Waals surface area contributed by atoms with Crippen molar-refractivity contribution < 1.29 is 31.1 Å². The number of aromatic nitrogens is 1. The van der Waals surface area contributed by atoms with E-state index >= 15 is 0 Å². The lowest BCUT2D eigenvalue weighted by Crippen LogP contribution is -3.00. The molecule has 1 N–H and O–H groups in total. The smallest absolute Gasteiger partial charge is 0.228 e. The van der Waals surface area contributed by atoms with Gasteiger partial charge in [0.25, 0.3) is 0 Å². The van der Waals surface area contributed by atoms with Crippen LogP contribution in [-0.4, -0.2) is 12.5 Å². The van der Waals surface area contributed by atoms with Gasteiger partial charge in [-0.3, -0.25) is 4.79 Å². The van der Waals surface area contributed by atoms with Gasteiger partial charge in [-0.15, -0.1) is 0 Å². The van der Waals surface area contributed by atoms with Crippen LogP contribution < -0.4 is 31.6 Å². The van der Waals surface area contributed by atoms with E-state index in [4.69, 9.17) is 4.74 Å². The summed E-state index contributed by atoms with van der Waals surface area (Å²) in [5, 5.41) is 3.12. The number of nitrogens with zero attached hydrogens (tertiary/aromatic N) is 1. The predicted molar refractivity (Wildman–Crippen MR) is 167 cm³/mol. The Morgan fingerprint density at radius 1 is 0.756 bits per heavy atom. The van der Waals surface area contributed by atoms with E-state index in [2.05, 4.69) is 55.2 Å². The molecule has 0 aliphatic heterocycles. The summed E-state index contributed by atoms with van der Waals surface area (Å²) in [4.78, 5) is 12.8. The zero-order chi connectivity index (χ0) is 28.4. The Hall–Kier alpha value is -2.66. The largest absolute Gasteiger partial charge is 1.00 e. The van der Waals surface area contributed by atoms with Gasteiger partial charge in [0.2, 0.25) is 5.91 Å². The van der Waals surface area contributed by atoms with E-state index in [-0.39, 0.29) is 22.9 Å². The van der Waals surface area contributed by atoms with Crippen molar-refractivity contribution >= 4 is 11.6 Å². The van der Waals surface area contributed by atoms with E-state index in [0.29, 0.717) is 13.0 Å². The number of carbonyl (C=O) groups excluding carboxylic acids is 1. The summed E-state index contributed by atoms with van der Waals surface area (Å²) in [6, 6.07) is 18.1. The van der Waals surface area contributed by atoms with Gasteiger partial charge in [-0.1, -0.05) is 108 Å². The van der Waals surface area contributed by atoms with Crippen LogP contribution in [0.25, 0.3) is 0 Å². The van der Waals surface area contributed by atoms with Gasteiger partial charge in [-0.2, -0.15) is 0 Å². The lowest BCUT2D eigenvalue weighted by atomic mass is 10.1. The van der Waals surface area contributed by atoms with Crippen LogP contribution in [0.2, 0.25) is 0 Å². The average molecular weight is 624 g/mol. The number of anilines is 1. The highest BCUT2D eigenvalue weighted by Crippen LogP contribution is 2.18. The van der Waals surface area contributed by atoms with Gasteiger partial charge >= 0.3 is 0 Å². The third kappa shape index (κ3) is 14.2. The Morgan fingerprint density at radius 3 is 1.93 bits per heavy atom. The van der Waals surface area contributed by atoms with Gasteiger partial charge in [0.15, 0.2) is 18.9 Å². The van der Waals surface area contributed by atoms with Crippen molar-refractivity contribution in [2.45, 2.75) is 111 Å². The van der Waals surface area contributed by atoms with Crippen LogP contribution in [0.3, 0.4) is 0 Å². The highest BCUT2D eigenvalue weighted by atomic mass is 79.9. The fraction of sp³-hybridized carbons (Fsp3) is 0.500. The fourth-order valence-corrected chi connectivity index (χ4v) is 5.28. The Kier molecular flexibility index (Phi) is 17.1. The number of unbranched alkanes of at least 4 members (excludes halogenated alkanes) is 11. The Balaban J connectivity index is 0.00000588. The van der Waals surface area contributed by atoms with Crippen LogP contribution in [0.1, 0.15) is 106 Å². The molecule has 224 valence electrons. The highest BCUT2D eigenvalue weighted by molar-refractivity contribution is 5.93. The van der Waals surface area contributed by atoms with Crippen LogP contribution in [0.15, 0.2) is 67.0 Å². The van der Waals surface area contributed by atoms with Crippen molar-refractivity contribution in [2.75, 3.05) is 11.9 Å². The molecule has 2 aromatic carbocycles. The fourth-order valence-electron chi connectivity index (χ4n) is 5.28. The number of para-hydroxylation sites is 1. The number of amides is 1. The molecule has 0 fully saturated rings. The molecular weight excluding hydrogens is 572 g/mol. The van der Waals surface area contributed by atoms with Gasteiger partial charge in [-0.05, 0) is 50.1 Å². The first-order valence-corrected chi connectivity index (χ1v) is 15.6. The second-order valence-electron chi connectivity index (χ2n) is 11.3. The number of rotatable bonds is 19. The molecule has 3 aromatic rings. The number of aryl methyl sites for hydroxylation is 2. The summed E-state index contributed by atoms with van der Waals surface area (Å²) < 4.78 is 8.11. The maximum Gasteiger partial charge on any atom is 0.228 e. The number of nitrogens with one attached hydrogen (secondary N) is 1. The summed E-state index contributed by atoms with van der Waals surface area (Å²) in [7, 11) is 0. The monoisotopic (exact) mass is 622 g/mol. The maximum absolute atomic E-state index is 12.8. The molecule has 0 saturated heterocycles. The van der Waals surface area contributed by atoms with E-state index < -0.39 is 0 Å². The number of benzene rings is 2. The lowest BCUT2D eigenvalue weighted by Gasteiger charge is -2.11. The first-order chi connectivity index (χ1) is 19.5. The third-order valence-corrected chi connectivity index (χ3v) is 7.39. The van der Waals surface area contributed by atoms with Crippen LogP contribution >= 0.6 is 0 Å². The molecule has 5 heteroatoms. The Morgan fingerprint density at radius 2 is 1.32 bits per heavy atom. The van der Waals surface area contributed by atoms with E-state index in [1.165, 1.54) is 81.8 Å². The van der Waals surface area contributed by atoms with Gasteiger partial charge in [-0.25, -0.2) is 4.57 Å². The zero-order valence-electron chi connectivity index (χ0n) is 25.6. The Bertz CT molecular complexity index is 1130. The van der Waals surface area contributed by atoms with E-state index in [1.807, 2.05) is 42.5 Å². The number of ether oxygens (including phenoxy) is 1. The van der Waals surface area contributed by atoms with Gasteiger partial charge < -0.3 is 27.0 Å². The second-order valence-corrected chi connectivity index (χ2v) is 11.3. The summed E-state index contributed by atoms with van der Waals surface area (Å²) in [6.07, 6.45) is 20.7. The van der Waals surface area contributed by atoms with Crippen molar-refractivity contribution in [3.05, 3.63) is 89.2 Å². The zero-order valence-corrected chi connectivity index (χ0v) is 27.2. The number of hydrogen-bond donors (Lipinski definition) is 1. The van der Waals surface area contributed by atoms with Crippen LogP contribution in [0.5, 0.6) is 5.75 Å². The molecule has 0 radical (unpaired) electrons. The quantitative estimate of drug-likeness (QED) is 0.133. The lowest BCUT2D eigenvalue weighted by molar-refractivity contribution is -0.688. The molecule has 1 aromatic heterocycles. The number of hydrogen-bond acceptors (Lipinski definition) is 2. The van der Waals surface area contributed by atoms with Crippen LogP contribution in [-0.2, 0) is 17.8 Å². The minimum absolute atomic E-state index is 0. The summed E-state index contributed by atoms with van der Waals surface area (Å²) >= 11 is 0. The molecule has 0 unspecified atom stereocenters. The predicted octanol–water partition coefficient (Wildman–Crippen LogP) is 5.90. The molecule has 1 heterocycles. The Labute approximate surface area is 259 Å². The molecule has 0 bridgehead atoms. The maximum atomic E-state index is 12.8. The molecule has 1 amide bonds. The molecule has 41 heavy (non-hydrogen) atoms. The normalized spacial score (nSPS) is 10.7. The first-order valence-electron chi connectivity index (χ1n) is 15.6. The number of carbonyl (C=O) groups is 1. The standard InChI is InChI=1S/C36H50N2O2.BrH/c1-4-5-6-7-8-9-10-11-12-13-14-17-24-40-34-22-20-32(21-23-34)26-36(39)37-35-19-16-15-18-33(35)29-38-27-30(2)25-31(3)28-38;/h15-16,18-23,25,27-28H,4-14,17,24,26,29H2,1-3H3;1H. The minimum Gasteiger partial charge on any atom is -1.00 e. The SMILES string of the molecule is CCCCCCCCCCCCCCOc1ccc(CC(=O)Nc2ccccc2C[n+]2cc(C)cc(C)c2)cc1.[Br-]. The summed E-state index contributed by atoms with van der Waals surface area (Å²) in [5.41, 5.74) is 5.39. The summed E-state index contributed by atoms with van der Waals surface area (Å²) in [6.45, 7) is 7.95. The number of pyridine rings is 1. The molecule has 0 aliphatic rings. The minimum atomic E-state index is -0.0111. The molecule has 0 saturated carbocycles. The van der Waals surface area contributed by atoms with Crippen LogP contribution in [0, 0.1) is 13.8 Å². The molecular formula is C36H51BrN2O2. The average Bonchev–Trinajstić information content (AvgIpc) is 2.93. The molecule has 0 aliphatic carbocycles. The van der Waals surface area contributed by atoms with Gasteiger partial charge in [0, 0.05) is 16.7 Å². The first kappa shape index (κ1) is 34.5. The number of halogens is 1. The van der Waals surface area contributed by atoms with E-state index in [1.54, 1.807) is 0 Å². The van der Waals surface area contributed by atoms with Crippen molar-refractivity contribution in [3.63, 3.8) is 0 Å².